The quantitative estimate of drug-likeness (QED) is 0.827. The van der Waals surface area contributed by atoms with E-state index in [0.717, 1.165) is 25.1 Å². The fourth-order valence-corrected chi connectivity index (χ4v) is 2.31. The van der Waals surface area contributed by atoms with Crippen molar-refractivity contribution in [1.29, 1.82) is 0 Å². The zero-order valence-electron chi connectivity index (χ0n) is 10.8. The molecule has 0 amide bonds. The van der Waals surface area contributed by atoms with Gasteiger partial charge in [-0.2, -0.15) is 0 Å². The van der Waals surface area contributed by atoms with E-state index in [1.165, 1.54) is 6.92 Å². The number of ketones is 1. The number of likely N-dealkylation sites (tertiary alicyclic amines) is 1. The number of carbonyl (C=O) groups is 1. The molecule has 0 aliphatic carbocycles. The molecule has 1 aromatic carbocycles. The summed E-state index contributed by atoms with van der Waals surface area (Å²) in [5.41, 5.74) is 1.45. The van der Waals surface area contributed by atoms with Gasteiger partial charge in [0.05, 0.1) is 6.10 Å². The average Bonchev–Trinajstić information content (AvgIpc) is 2.79. The Morgan fingerprint density at radius 1 is 1.56 bits per heavy atom. The molecule has 1 fully saturated rings. The van der Waals surface area contributed by atoms with E-state index < -0.39 is 0 Å². The molecule has 1 unspecified atom stereocenters. The number of carbonyl (C=O) groups excluding carboxylic acids is 1. The molecule has 1 N–H and O–H groups in total. The average molecular weight is 249 g/mol. The highest BCUT2D eigenvalue weighted by Crippen LogP contribution is 2.23. The molecule has 0 radical (unpaired) electrons. The molecular weight excluding hydrogens is 230 g/mol. The summed E-state index contributed by atoms with van der Waals surface area (Å²) in [7, 11) is 1.72. The minimum Gasteiger partial charge on any atom is -0.508 e. The van der Waals surface area contributed by atoms with Crippen molar-refractivity contribution in [2.75, 3.05) is 20.2 Å². The number of Topliss-reactive ketones (excluding diaryl/α,β-unsaturated/α-hetero) is 1. The zero-order valence-corrected chi connectivity index (χ0v) is 10.8. The number of nitrogens with zero attached hydrogens (tertiary/aromatic N) is 1. The first-order chi connectivity index (χ1) is 8.60. The van der Waals surface area contributed by atoms with Gasteiger partial charge in [0, 0.05) is 37.9 Å². The van der Waals surface area contributed by atoms with Gasteiger partial charge in [0.1, 0.15) is 5.75 Å². The third-order valence-corrected chi connectivity index (χ3v) is 3.44. The molecule has 1 aromatic rings. The minimum absolute atomic E-state index is 0.0208. The summed E-state index contributed by atoms with van der Waals surface area (Å²) in [5.74, 6) is 0.272. The molecule has 1 atom stereocenters. The van der Waals surface area contributed by atoms with E-state index in [9.17, 15) is 9.90 Å². The van der Waals surface area contributed by atoms with Crippen LogP contribution in [0.3, 0.4) is 0 Å². The molecule has 2 rings (SSSR count). The molecular formula is C14H19NO3. The number of rotatable bonds is 4. The van der Waals surface area contributed by atoms with Crippen LogP contribution in [0, 0.1) is 0 Å². The molecule has 1 aliphatic heterocycles. The van der Waals surface area contributed by atoms with Gasteiger partial charge in [-0.3, -0.25) is 9.69 Å². The first kappa shape index (κ1) is 13.1. The van der Waals surface area contributed by atoms with Gasteiger partial charge in [-0.25, -0.2) is 0 Å². The van der Waals surface area contributed by atoms with E-state index in [4.69, 9.17) is 4.74 Å². The van der Waals surface area contributed by atoms with Gasteiger partial charge in [0.2, 0.25) is 0 Å². The van der Waals surface area contributed by atoms with Crippen molar-refractivity contribution in [1.82, 2.24) is 4.90 Å². The third-order valence-electron chi connectivity index (χ3n) is 3.44. The Hall–Kier alpha value is -1.39. The molecule has 0 aromatic heterocycles. The van der Waals surface area contributed by atoms with Gasteiger partial charge in [-0.05, 0) is 31.5 Å². The lowest BCUT2D eigenvalue weighted by atomic mass is 10.1. The molecule has 0 bridgehead atoms. The zero-order chi connectivity index (χ0) is 13.1. The van der Waals surface area contributed by atoms with Crippen molar-refractivity contribution in [3.63, 3.8) is 0 Å². The summed E-state index contributed by atoms with van der Waals surface area (Å²) in [6.45, 7) is 4.03. The molecule has 98 valence electrons. The fraction of sp³-hybridized carbons (Fsp3) is 0.500. The van der Waals surface area contributed by atoms with Crippen LogP contribution in [0.2, 0.25) is 0 Å². The SMILES string of the molecule is COC1CCN(Cc2cc(C(C)=O)ccc2O)C1. The van der Waals surface area contributed by atoms with Crippen molar-refractivity contribution in [2.45, 2.75) is 26.0 Å². The van der Waals surface area contributed by atoms with Crippen molar-refractivity contribution in [2.24, 2.45) is 0 Å². The van der Waals surface area contributed by atoms with E-state index in [0.29, 0.717) is 12.1 Å². The van der Waals surface area contributed by atoms with Crippen molar-refractivity contribution >= 4 is 5.78 Å². The first-order valence-electron chi connectivity index (χ1n) is 6.18. The molecule has 4 heteroatoms. The summed E-state index contributed by atoms with van der Waals surface area (Å²) < 4.78 is 5.31. The van der Waals surface area contributed by atoms with Gasteiger partial charge in [0.25, 0.3) is 0 Å². The van der Waals surface area contributed by atoms with Crippen LogP contribution in [-0.2, 0) is 11.3 Å². The number of hydrogen-bond donors (Lipinski definition) is 1. The predicted octanol–water partition coefficient (Wildman–Crippen LogP) is 1.82. The lowest BCUT2D eigenvalue weighted by Crippen LogP contribution is -2.22. The summed E-state index contributed by atoms with van der Waals surface area (Å²) in [6, 6.07) is 5.02. The molecule has 4 nitrogen and oxygen atoms in total. The maximum Gasteiger partial charge on any atom is 0.159 e. The largest absolute Gasteiger partial charge is 0.508 e. The Balaban J connectivity index is 2.09. The van der Waals surface area contributed by atoms with Gasteiger partial charge >= 0.3 is 0 Å². The minimum atomic E-state index is 0.0208. The molecule has 1 heterocycles. The van der Waals surface area contributed by atoms with Crippen LogP contribution in [0.5, 0.6) is 5.75 Å². The Kier molecular flexibility index (Phi) is 3.99. The van der Waals surface area contributed by atoms with Crippen LogP contribution < -0.4 is 0 Å². The number of benzene rings is 1. The number of methoxy groups -OCH3 is 1. The normalized spacial score (nSPS) is 20.2. The van der Waals surface area contributed by atoms with Crippen molar-refractivity contribution in [3.05, 3.63) is 29.3 Å². The highest BCUT2D eigenvalue weighted by molar-refractivity contribution is 5.94. The third kappa shape index (κ3) is 2.89. The Labute approximate surface area is 107 Å². The van der Waals surface area contributed by atoms with Gasteiger partial charge in [-0.15, -0.1) is 0 Å². The fourth-order valence-electron chi connectivity index (χ4n) is 2.31. The van der Waals surface area contributed by atoms with E-state index in [-0.39, 0.29) is 17.6 Å². The van der Waals surface area contributed by atoms with Gasteiger partial charge < -0.3 is 9.84 Å². The second-order valence-electron chi connectivity index (χ2n) is 4.78. The molecule has 18 heavy (non-hydrogen) atoms. The van der Waals surface area contributed by atoms with Gasteiger partial charge in [0.15, 0.2) is 5.78 Å². The highest BCUT2D eigenvalue weighted by Gasteiger charge is 2.22. The van der Waals surface area contributed by atoms with Crippen LogP contribution in [0.25, 0.3) is 0 Å². The van der Waals surface area contributed by atoms with Crippen LogP contribution in [-0.4, -0.2) is 42.1 Å². The number of phenolic OH excluding ortho intramolecular Hbond substituents is 1. The molecule has 0 saturated carbocycles. The standard InChI is InChI=1S/C14H19NO3/c1-10(16)11-3-4-14(17)12(7-11)8-15-6-5-13(9-15)18-2/h3-4,7,13,17H,5-6,8-9H2,1-2H3. The van der Waals surface area contributed by atoms with Gasteiger partial charge in [-0.1, -0.05) is 0 Å². The maximum absolute atomic E-state index is 11.3. The summed E-state index contributed by atoms with van der Waals surface area (Å²) >= 11 is 0. The number of aromatic hydroxyl groups is 1. The summed E-state index contributed by atoms with van der Waals surface area (Å²) in [5, 5.41) is 9.83. The van der Waals surface area contributed by atoms with Crippen molar-refractivity contribution < 1.29 is 14.6 Å². The van der Waals surface area contributed by atoms with E-state index in [1.54, 1.807) is 25.3 Å². The second-order valence-corrected chi connectivity index (χ2v) is 4.78. The smallest absolute Gasteiger partial charge is 0.159 e. The Bertz CT molecular complexity index is 445. The highest BCUT2D eigenvalue weighted by atomic mass is 16.5. The second kappa shape index (κ2) is 5.50. The van der Waals surface area contributed by atoms with Crippen molar-refractivity contribution in [3.8, 4) is 5.75 Å². The Morgan fingerprint density at radius 3 is 2.94 bits per heavy atom. The topological polar surface area (TPSA) is 49.8 Å². The number of phenols is 1. The predicted molar refractivity (Wildman–Crippen MR) is 68.8 cm³/mol. The van der Waals surface area contributed by atoms with E-state index >= 15 is 0 Å². The van der Waals surface area contributed by atoms with Crippen LogP contribution in [0.1, 0.15) is 29.3 Å². The van der Waals surface area contributed by atoms with E-state index in [2.05, 4.69) is 4.90 Å². The molecule has 0 spiro atoms. The molecule has 1 aliphatic rings. The van der Waals surface area contributed by atoms with Crippen LogP contribution in [0.15, 0.2) is 18.2 Å². The lowest BCUT2D eigenvalue weighted by molar-refractivity contribution is 0.101. The lowest BCUT2D eigenvalue weighted by Gasteiger charge is -2.16. The Morgan fingerprint density at radius 2 is 2.33 bits per heavy atom. The van der Waals surface area contributed by atoms with Crippen LogP contribution >= 0.6 is 0 Å². The monoisotopic (exact) mass is 249 g/mol. The molecule has 1 saturated heterocycles. The number of hydrogen-bond acceptors (Lipinski definition) is 4. The van der Waals surface area contributed by atoms with E-state index in [1.807, 2.05) is 0 Å². The maximum atomic E-state index is 11.3. The number of ether oxygens (including phenoxy) is 1. The first-order valence-corrected chi connectivity index (χ1v) is 6.18. The summed E-state index contributed by atoms with van der Waals surface area (Å²) in [6.07, 6.45) is 1.30. The van der Waals surface area contributed by atoms with Crippen LogP contribution in [0.4, 0.5) is 0 Å². The summed E-state index contributed by atoms with van der Waals surface area (Å²) in [4.78, 5) is 13.6.